The molecule has 0 aliphatic carbocycles. The van der Waals surface area contributed by atoms with Crippen LogP contribution < -0.4 is 0 Å². The van der Waals surface area contributed by atoms with Crippen LogP contribution in [0.1, 0.15) is 22.3 Å². The van der Waals surface area contributed by atoms with Gasteiger partial charge in [0.15, 0.2) is 0 Å². The van der Waals surface area contributed by atoms with E-state index in [0.29, 0.717) is 6.42 Å². The molecule has 1 aromatic carbocycles. The van der Waals surface area contributed by atoms with E-state index in [4.69, 9.17) is 11.6 Å². The fraction of sp³-hybridized carbons (Fsp3) is 0.250. The lowest BCUT2D eigenvalue weighted by Gasteiger charge is -2.02. The normalized spacial score (nSPS) is 9.42. The molecule has 0 spiro atoms. The summed E-state index contributed by atoms with van der Waals surface area (Å²) in [4.78, 5) is 21.4. The Kier molecular flexibility index (Phi) is 5.27. The summed E-state index contributed by atoms with van der Waals surface area (Å²) in [6.07, 6.45) is 0.327. The largest absolute Gasteiger partial charge is 0.465 e. The van der Waals surface area contributed by atoms with E-state index in [0.717, 1.165) is 19.2 Å². The highest BCUT2D eigenvalue weighted by Gasteiger charge is 2.23. The zero-order valence-corrected chi connectivity index (χ0v) is 10.7. The Morgan fingerprint density at radius 2 is 2.26 bits per heavy atom. The Labute approximate surface area is 113 Å². The first-order chi connectivity index (χ1) is 9.01. The van der Waals surface area contributed by atoms with Gasteiger partial charge in [0, 0.05) is 18.4 Å². The van der Waals surface area contributed by atoms with Crippen molar-refractivity contribution in [3.05, 3.63) is 39.2 Å². The summed E-state index contributed by atoms with van der Waals surface area (Å²) in [5.41, 5.74) is -1.17. The summed E-state index contributed by atoms with van der Waals surface area (Å²) in [6, 6.07) is 1.65. The van der Waals surface area contributed by atoms with E-state index in [1.54, 1.807) is 0 Å². The van der Waals surface area contributed by atoms with Gasteiger partial charge in [0.25, 0.3) is 5.69 Å². The van der Waals surface area contributed by atoms with Gasteiger partial charge in [0.05, 0.1) is 17.6 Å². The van der Waals surface area contributed by atoms with Crippen LogP contribution in [0.15, 0.2) is 12.1 Å². The van der Waals surface area contributed by atoms with Crippen molar-refractivity contribution in [1.29, 1.82) is 0 Å². The summed E-state index contributed by atoms with van der Waals surface area (Å²) >= 11 is 5.41. The van der Waals surface area contributed by atoms with Crippen LogP contribution in [0.3, 0.4) is 0 Å². The van der Waals surface area contributed by atoms with Crippen LogP contribution >= 0.6 is 11.6 Å². The number of carbonyl (C=O) groups excluding carboxylic acids is 1. The maximum atomic E-state index is 13.7. The topological polar surface area (TPSA) is 69.4 Å². The van der Waals surface area contributed by atoms with Gasteiger partial charge in [-0.05, 0) is 6.07 Å². The maximum Gasteiger partial charge on any atom is 0.344 e. The number of nitro groups is 1. The molecule has 7 heteroatoms. The summed E-state index contributed by atoms with van der Waals surface area (Å²) in [5, 5.41) is 10.8. The quantitative estimate of drug-likeness (QED) is 0.281. The molecule has 0 atom stereocenters. The van der Waals surface area contributed by atoms with Crippen molar-refractivity contribution in [1.82, 2.24) is 0 Å². The van der Waals surface area contributed by atoms with Crippen molar-refractivity contribution in [3.63, 3.8) is 0 Å². The number of halogens is 2. The van der Waals surface area contributed by atoms with E-state index >= 15 is 0 Å². The van der Waals surface area contributed by atoms with Crippen molar-refractivity contribution in [2.75, 3.05) is 13.0 Å². The third-order valence-corrected chi connectivity index (χ3v) is 2.32. The Morgan fingerprint density at radius 3 is 2.79 bits per heavy atom. The number of nitro benzene ring substituents is 1. The lowest BCUT2D eigenvalue weighted by atomic mass is 10.1. The van der Waals surface area contributed by atoms with Gasteiger partial charge >= 0.3 is 5.97 Å². The van der Waals surface area contributed by atoms with Crippen LogP contribution in [0.4, 0.5) is 10.1 Å². The molecule has 1 rings (SSSR count). The highest BCUT2D eigenvalue weighted by molar-refractivity contribution is 6.18. The van der Waals surface area contributed by atoms with Gasteiger partial charge in [-0.15, -0.1) is 11.6 Å². The van der Waals surface area contributed by atoms with Gasteiger partial charge in [-0.3, -0.25) is 10.1 Å². The van der Waals surface area contributed by atoms with Crippen molar-refractivity contribution < 1.29 is 18.8 Å². The molecule has 0 aliphatic rings. The predicted molar refractivity (Wildman–Crippen MR) is 66.6 cm³/mol. The number of nitrogens with zero attached hydrogens (tertiary/aromatic N) is 1. The van der Waals surface area contributed by atoms with E-state index < -0.39 is 28.0 Å². The molecule has 1 aromatic rings. The van der Waals surface area contributed by atoms with Crippen LogP contribution in [0, 0.1) is 27.8 Å². The second kappa shape index (κ2) is 6.71. The monoisotopic (exact) mass is 285 g/mol. The molecule has 0 amide bonds. The summed E-state index contributed by atoms with van der Waals surface area (Å²) in [7, 11) is 1.05. The summed E-state index contributed by atoms with van der Waals surface area (Å²) in [5.74, 6) is 3.46. The second-order valence-corrected chi connectivity index (χ2v) is 3.72. The minimum Gasteiger partial charge on any atom is -0.465 e. The third-order valence-electron chi connectivity index (χ3n) is 2.13. The standard InChI is InChI=1S/C12H9ClFNO4/c1-19-12(16)9-7-10(14)8(4-2-3-5-13)6-11(9)15(17)18/h6-7H,3,5H2,1H3. The molecular weight excluding hydrogens is 277 g/mol. The van der Waals surface area contributed by atoms with Crippen molar-refractivity contribution in [2.24, 2.45) is 0 Å². The number of esters is 1. The van der Waals surface area contributed by atoms with E-state index in [-0.39, 0.29) is 11.4 Å². The molecule has 0 fully saturated rings. The first-order valence-corrected chi connectivity index (χ1v) is 5.65. The Balaban J connectivity index is 3.34. The average Bonchev–Trinajstić information content (AvgIpc) is 2.39. The first kappa shape index (κ1) is 14.9. The van der Waals surface area contributed by atoms with Crippen molar-refractivity contribution >= 4 is 23.3 Å². The van der Waals surface area contributed by atoms with Crippen LogP contribution in [0.2, 0.25) is 0 Å². The molecule has 0 radical (unpaired) electrons. The number of ether oxygens (including phenoxy) is 1. The SMILES string of the molecule is COC(=O)c1cc(F)c(C#CCCCl)cc1[N+](=O)[O-]. The number of hydrogen-bond donors (Lipinski definition) is 0. The summed E-state index contributed by atoms with van der Waals surface area (Å²) in [6.45, 7) is 0. The molecule has 0 unspecified atom stereocenters. The highest BCUT2D eigenvalue weighted by Crippen LogP contribution is 2.23. The maximum absolute atomic E-state index is 13.7. The molecule has 0 saturated carbocycles. The molecule has 0 saturated heterocycles. The molecule has 0 heterocycles. The molecule has 0 bridgehead atoms. The van der Waals surface area contributed by atoms with Gasteiger partial charge < -0.3 is 4.74 Å². The van der Waals surface area contributed by atoms with Crippen LogP contribution in [0.25, 0.3) is 0 Å². The average molecular weight is 286 g/mol. The lowest BCUT2D eigenvalue weighted by Crippen LogP contribution is -2.07. The van der Waals surface area contributed by atoms with E-state index in [9.17, 15) is 19.3 Å². The van der Waals surface area contributed by atoms with Gasteiger partial charge in [-0.1, -0.05) is 11.8 Å². The third kappa shape index (κ3) is 3.66. The number of carbonyl (C=O) groups is 1. The first-order valence-electron chi connectivity index (χ1n) is 5.12. The number of methoxy groups -OCH3 is 1. The second-order valence-electron chi connectivity index (χ2n) is 3.34. The molecule has 0 aromatic heterocycles. The van der Waals surface area contributed by atoms with E-state index in [1.165, 1.54) is 0 Å². The van der Waals surface area contributed by atoms with Crippen molar-refractivity contribution in [3.8, 4) is 11.8 Å². The van der Waals surface area contributed by atoms with Crippen molar-refractivity contribution in [2.45, 2.75) is 6.42 Å². The Morgan fingerprint density at radius 1 is 1.58 bits per heavy atom. The number of hydrogen-bond acceptors (Lipinski definition) is 4. The molecule has 0 aliphatic heterocycles. The minimum absolute atomic E-state index is 0.163. The van der Waals surface area contributed by atoms with E-state index in [1.807, 2.05) is 0 Å². The summed E-state index contributed by atoms with van der Waals surface area (Å²) < 4.78 is 18.0. The molecule has 0 N–H and O–H groups in total. The molecular formula is C12H9ClFNO4. The number of rotatable bonds is 3. The minimum atomic E-state index is -0.981. The number of benzene rings is 1. The smallest absolute Gasteiger partial charge is 0.344 e. The van der Waals surface area contributed by atoms with Gasteiger partial charge in [0.2, 0.25) is 0 Å². The Hall–Kier alpha value is -2.13. The van der Waals surface area contributed by atoms with Crippen LogP contribution in [0.5, 0.6) is 0 Å². The van der Waals surface area contributed by atoms with Crippen LogP contribution in [-0.2, 0) is 4.74 Å². The molecule has 5 nitrogen and oxygen atoms in total. The fourth-order valence-electron chi connectivity index (χ4n) is 1.29. The Bertz CT molecular complexity index is 577. The van der Waals surface area contributed by atoms with E-state index in [2.05, 4.69) is 16.6 Å². The zero-order chi connectivity index (χ0) is 14.4. The lowest BCUT2D eigenvalue weighted by molar-refractivity contribution is -0.385. The van der Waals surface area contributed by atoms with Gasteiger partial charge in [-0.2, -0.15) is 0 Å². The predicted octanol–water partition coefficient (Wildman–Crippen LogP) is 2.50. The van der Waals surface area contributed by atoms with Crippen LogP contribution in [-0.4, -0.2) is 23.9 Å². The molecule has 19 heavy (non-hydrogen) atoms. The van der Waals surface area contributed by atoms with Gasteiger partial charge in [-0.25, -0.2) is 9.18 Å². The van der Waals surface area contributed by atoms with Gasteiger partial charge in [0.1, 0.15) is 11.4 Å². The highest BCUT2D eigenvalue weighted by atomic mass is 35.5. The fourth-order valence-corrected chi connectivity index (χ4v) is 1.38. The zero-order valence-electron chi connectivity index (χ0n) is 9.91. The molecule has 100 valence electrons. The number of alkyl halides is 1.